The molecule has 2 atom stereocenters. The Morgan fingerprint density at radius 1 is 1.92 bits per heavy atom. The molecule has 1 N–H and O–H groups in total. The van der Waals surface area contributed by atoms with Gasteiger partial charge in [-0.05, 0) is 6.92 Å². The number of hydrogen-bond donors (Lipinski definition) is 2. The minimum Gasteiger partial charge on any atom is -0.289 e. The molecule has 0 saturated heterocycles. The fraction of sp³-hybridized carbons (Fsp3) is 0.500. The molecule has 0 aromatic carbocycles. The van der Waals surface area contributed by atoms with E-state index in [1.54, 1.807) is 13.0 Å². The minimum atomic E-state index is -3.14. The molecule has 13 heavy (non-hydrogen) atoms. The molecule has 0 radical (unpaired) electrons. The van der Waals surface area contributed by atoms with Gasteiger partial charge in [0.2, 0.25) is 0 Å². The van der Waals surface area contributed by atoms with Gasteiger partial charge in [-0.3, -0.25) is 14.4 Å². The highest BCUT2D eigenvalue weighted by molar-refractivity contribution is 8.85. The van der Waals surface area contributed by atoms with Crippen LogP contribution in [0, 0.1) is 0 Å². The van der Waals surface area contributed by atoms with Crippen LogP contribution in [0.5, 0.6) is 0 Å². The highest BCUT2D eigenvalue weighted by Crippen LogP contribution is 2.60. The summed E-state index contributed by atoms with van der Waals surface area (Å²) in [5.74, 6) is -0.915. The second-order valence-corrected chi connectivity index (χ2v) is 9.13. The van der Waals surface area contributed by atoms with E-state index in [0.717, 1.165) is 11.4 Å². The van der Waals surface area contributed by atoms with E-state index in [4.69, 9.17) is 0 Å². The number of carbonyl (C=O) groups is 1. The third-order valence-corrected chi connectivity index (χ3v) is 5.65. The van der Waals surface area contributed by atoms with Gasteiger partial charge in [0.15, 0.2) is 6.67 Å². The van der Waals surface area contributed by atoms with Gasteiger partial charge in [-0.1, -0.05) is 29.7 Å². The maximum Gasteiger partial charge on any atom is 0.277 e. The zero-order valence-electron chi connectivity index (χ0n) is 7.07. The summed E-state index contributed by atoms with van der Waals surface area (Å²) in [6, 6.07) is 0. The summed E-state index contributed by atoms with van der Waals surface area (Å²) < 4.78 is 23.2. The largest absolute Gasteiger partial charge is 0.289 e. The third kappa shape index (κ3) is 6.18. The average Bonchev–Trinajstić information content (AvgIpc) is 2.02. The Morgan fingerprint density at radius 3 is 2.85 bits per heavy atom. The number of rotatable bonds is 5. The molecule has 1 amide bonds. The van der Waals surface area contributed by atoms with Crippen LogP contribution in [0.15, 0.2) is 12.7 Å². The van der Waals surface area contributed by atoms with E-state index in [2.05, 4.69) is 18.8 Å². The molecule has 0 rings (SSSR count). The summed E-state index contributed by atoms with van der Waals surface area (Å²) in [5, 5.41) is 1.88. The van der Waals surface area contributed by atoms with Gasteiger partial charge in [-0.15, -0.1) is 6.58 Å². The van der Waals surface area contributed by atoms with Gasteiger partial charge in [0.25, 0.3) is 11.6 Å². The minimum absolute atomic E-state index is 0.108. The van der Waals surface area contributed by atoms with Gasteiger partial charge in [0, 0.05) is 5.25 Å². The lowest BCUT2D eigenvalue weighted by Crippen LogP contribution is -2.19. The molecule has 76 valence electrons. The van der Waals surface area contributed by atoms with Gasteiger partial charge >= 0.3 is 0 Å². The fourth-order valence-corrected chi connectivity index (χ4v) is 5.19. The van der Waals surface area contributed by atoms with Crippen molar-refractivity contribution >= 4 is 35.2 Å². The number of alkyl halides is 1. The first kappa shape index (κ1) is 13.1. The van der Waals surface area contributed by atoms with Crippen LogP contribution in [-0.4, -0.2) is 17.8 Å². The fourth-order valence-electron chi connectivity index (χ4n) is 0.482. The van der Waals surface area contributed by atoms with Crippen molar-refractivity contribution in [3.63, 3.8) is 0 Å². The number of halogens is 1. The Morgan fingerprint density at radius 2 is 2.46 bits per heavy atom. The summed E-state index contributed by atoms with van der Waals surface area (Å²) in [4.78, 5) is 10.6. The zero-order chi connectivity index (χ0) is 10.5. The molecular formula is C6H11FNO2PS2. The summed E-state index contributed by atoms with van der Waals surface area (Å²) >= 11 is 4.69. The van der Waals surface area contributed by atoms with Crippen molar-refractivity contribution in [2.45, 2.75) is 12.2 Å². The molecule has 7 heteroatoms. The van der Waals surface area contributed by atoms with Gasteiger partial charge < -0.3 is 0 Å². The molecule has 0 aliphatic heterocycles. The number of amides is 1. The monoisotopic (exact) mass is 243 g/mol. The van der Waals surface area contributed by atoms with Crippen LogP contribution in [0.25, 0.3) is 0 Å². The first-order valence-electron chi connectivity index (χ1n) is 3.42. The Bertz CT molecular complexity index is 249. The Labute approximate surface area is 85.9 Å². The van der Waals surface area contributed by atoms with Crippen molar-refractivity contribution in [2.75, 3.05) is 6.67 Å². The Hall–Kier alpha value is 0.0700. The first-order valence-corrected chi connectivity index (χ1v) is 7.76. The van der Waals surface area contributed by atoms with Crippen LogP contribution in [0.2, 0.25) is 0 Å². The lowest BCUT2D eigenvalue weighted by Gasteiger charge is -2.14. The topological polar surface area (TPSA) is 46.2 Å². The molecule has 0 aromatic heterocycles. The highest BCUT2D eigenvalue weighted by Gasteiger charge is 2.22. The van der Waals surface area contributed by atoms with Crippen molar-refractivity contribution in [3.05, 3.63) is 12.7 Å². The standard InChI is InChI=1S/C6H11FNO2PS2/c1-3-5(2)13-11(10,12)8-6(9)4-7/h3,5H,1,4H2,2H3,(H2,8,9,10,12)/t5-,11?/m0/s1. The van der Waals surface area contributed by atoms with E-state index < -0.39 is 18.3 Å². The van der Waals surface area contributed by atoms with E-state index in [9.17, 15) is 13.8 Å². The first-order chi connectivity index (χ1) is 5.91. The molecule has 3 nitrogen and oxygen atoms in total. The maximum absolute atomic E-state index is 11.7. The summed E-state index contributed by atoms with van der Waals surface area (Å²) in [7, 11) is 0. The van der Waals surface area contributed by atoms with Crippen LogP contribution in [-0.2, 0) is 9.36 Å². The van der Waals surface area contributed by atoms with E-state index >= 15 is 0 Å². The van der Waals surface area contributed by atoms with Crippen molar-refractivity contribution in [2.24, 2.45) is 0 Å². The van der Waals surface area contributed by atoms with Crippen molar-refractivity contribution < 1.29 is 13.8 Å². The van der Waals surface area contributed by atoms with Gasteiger partial charge in [0.05, 0.1) is 0 Å². The highest BCUT2D eigenvalue weighted by atomic mass is 33.1. The maximum atomic E-state index is 11.7. The molecular weight excluding hydrogens is 232 g/mol. The van der Waals surface area contributed by atoms with Crippen molar-refractivity contribution in [1.29, 1.82) is 0 Å². The van der Waals surface area contributed by atoms with E-state index in [1.165, 1.54) is 0 Å². The molecule has 0 spiro atoms. The second-order valence-electron chi connectivity index (χ2n) is 2.24. The normalized spacial score (nSPS) is 17.2. The molecule has 0 aliphatic carbocycles. The number of hydrogen-bond acceptors (Lipinski definition) is 3. The van der Waals surface area contributed by atoms with Crippen LogP contribution >= 0.6 is 29.3 Å². The summed E-state index contributed by atoms with van der Waals surface area (Å²) in [5.41, 5.74) is -3.14. The molecule has 1 unspecified atom stereocenters. The van der Waals surface area contributed by atoms with Crippen LogP contribution in [0.4, 0.5) is 4.39 Å². The molecule has 0 saturated carbocycles. The molecule has 0 aromatic rings. The summed E-state index contributed by atoms with van der Waals surface area (Å²) in [6.45, 7) is 4.05. The van der Waals surface area contributed by atoms with Gasteiger partial charge in [0.1, 0.15) is 0 Å². The van der Waals surface area contributed by atoms with Crippen LogP contribution in [0.3, 0.4) is 0 Å². The number of nitrogens with one attached hydrogen (secondary N) is 1. The Balaban J connectivity index is 4.16. The predicted molar refractivity (Wildman–Crippen MR) is 58.0 cm³/mol. The van der Waals surface area contributed by atoms with Crippen LogP contribution < -0.4 is 5.09 Å². The molecule has 0 aliphatic rings. The quantitative estimate of drug-likeness (QED) is 0.443. The van der Waals surface area contributed by atoms with Gasteiger partial charge in [-0.25, -0.2) is 4.39 Å². The van der Waals surface area contributed by atoms with Gasteiger partial charge in [-0.2, -0.15) is 0 Å². The summed E-state index contributed by atoms with van der Waals surface area (Å²) in [6.07, 6.45) is 1.56. The molecule has 0 heterocycles. The van der Waals surface area contributed by atoms with Crippen LogP contribution in [0.1, 0.15) is 6.92 Å². The third-order valence-electron chi connectivity index (χ3n) is 1.03. The van der Waals surface area contributed by atoms with Crippen molar-refractivity contribution in [1.82, 2.24) is 5.09 Å². The number of thiol groups is 1. The second kappa shape index (κ2) is 5.73. The lowest BCUT2D eigenvalue weighted by molar-refractivity contribution is -0.120. The smallest absolute Gasteiger partial charge is 0.277 e. The average molecular weight is 243 g/mol. The Kier molecular flexibility index (Phi) is 5.76. The van der Waals surface area contributed by atoms with E-state index in [0.29, 0.717) is 0 Å². The number of carbonyl (C=O) groups excluding carboxylic acids is 1. The van der Waals surface area contributed by atoms with E-state index in [1.807, 2.05) is 5.09 Å². The SMILES string of the molecule is C=C[C@H](C)SP(=O)(S)NC(=O)CF. The molecule has 0 fully saturated rings. The lowest BCUT2D eigenvalue weighted by atomic mass is 10.5. The molecule has 0 bridgehead atoms. The van der Waals surface area contributed by atoms with Crippen molar-refractivity contribution in [3.8, 4) is 0 Å². The predicted octanol–water partition coefficient (Wildman–Crippen LogP) is 2.42. The zero-order valence-corrected chi connectivity index (χ0v) is 9.67. The van der Waals surface area contributed by atoms with E-state index in [-0.39, 0.29) is 5.25 Å².